The van der Waals surface area contributed by atoms with Gasteiger partial charge in [0.15, 0.2) is 7.29 Å². The average Bonchev–Trinajstić information content (AvgIpc) is 2.88. The van der Waals surface area contributed by atoms with Crippen molar-refractivity contribution >= 4 is 7.29 Å². The standard InChI is InChI=1S/C20H24NOP/c1-15-5-9-17(10-6-15)19-13-14-20(23(19,22)21(3)4)18-11-7-16(2)8-12-18/h5-14,19-20H,1-4H3/t19-,20+,23?. The van der Waals surface area contributed by atoms with Crippen molar-refractivity contribution in [2.45, 2.75) is 25.2 Å². The second kappa shape index (κ2) is 6.11. The van der Waals surface area contributed by atoms with Gasteiger partial charge in [0.05, 0.1) is 11.3 Å². The second-order valence-electron chi connectivity index (χ2n) is 6.62. The molecule has 0 aromatic heterocycles. The molecule has 3 atom stereocenters. The summed E-state index contributed by atoms with van der Waals surface area (Å²) >= 11 is 0. The molecule has 0 aliphatic carbocycles. The van der Waals surface area contributed by atoms with Crippen molar-refractivity contribution in [3.63, 3.8) is 0 Å². The van der Waals surface area contributed by atoms with Crippen molar-refractivity contribution in [3.8, 4) is 0 Å². The molecule has 0 radical (unpaired) electrons. The highest BCUT2D eigenvalue weighted by atomic mass is 31.2. The maximum atomic E-state index is 14.0. The van der Waals surface area contributed by atoms with E-state index in [1.807, 2.05) is 18.8 Å². The summed E-state index contributed by atoms with van der Waals surface area (Å²) in [6.45, 7) is 4.16. The summed E-state index contributed by atoms with van der Waals surface area (Å²) in [5.41, 5.74) is 4.65. The molecule has 0 saturated carbocycles. The first kappa shape index (κ1) is 16.2. The molecule has 2 nitrogen and oxygen atoms in total. The predicted molar refractivity (Wildman–Crippen MR) is 98.3 cm³/mol. The SMILES string of the molecule is Cc1ccc([C@H]2C=C[C@@H](c3ccc(C)cc3)P2(=O)N(C)C)cc1. The van der Waals surface area contributed by atoms with Crippen LogP contribution in [-0.2, 0) is 4.57 Å². The zero-order valence-corrected chi connectivity index (χ0v) is 15.1. The van der Waals surface area contributed by atoms with Gasteiger partial charge in [-0.1, -0.05) is 71.8 Å². The monoisotopic (exact) mass is 325 g/mol. The van der Waals surface area contributed by atoms with Crippen LogP contribution in [0.4, 0.5) is 0 Å². The third-order valence-electron chi connectivity index (χ3n) is 4.74. The Hall–Kier alpha value is -1.63. The van der Waals surface area contributed by atoms with E-state index in [4.69, 9.17) is 0 Å². The molecule has 1 unspecified atom stereocenters. The van der Waals surface area contributed by atoms with Crippen LogP contribution in [0.2, 0.25) is 0 Å². The highest BCUT2D eigenvalue weighted by molar-refractivity contribution is 7.63. The summed E-state index contributed by atoms with van der Waals surface area (Å²) in [4.78, 5) is 0. The van der Waals surface area contributed by atoms with Crippen LogP contribution in [0.1, 0.15) is 33.6 Å². The molecule has 0 N–H and O–H groups in total. The molecule has 1 heterocycles. The van der Waals surface area contributed by atoms with Gasteiger partial charge in [0, 0.05) is 0 Å². The van der Waals surface area contributed by atoms with E-state index >= 15 is 0 Å². The first-order chi connectivity index (χ1) is 10.9. The molecule has 0 saturated heterocycles. The quantitative estimate of drug-likeness (QED) is 0.549. The largest absolute Gasteiger partial charge is 0.305 e. The molecule has 23 heavy (non-hydrogen) atoms. The lowest BCUT2D eigenvalue weighted by atomic mass is 10.1. The Balaban J connectivity index is 2.04. The van der Waals surface area contributed by atoms with Crippen molar-refractivity contribution in [1.29, 1.82) is 0 Å². The van der Waals surface area contributed by atoms with Gasteiger partial charge in [-0.05, 0) is 39.1 Å². The van der Waals surface area contributed by atoms with Gasteiger partial charge in [-0.25, -0.2) is 0 Å². The Labute approximate surface area is 139 Å². The fraction of sp³-hybridized carbons (Fsp3) is 0.300. The van der Waals surface area contributed by atoms with E-state index in [0.29, 0.717) is 0 Å². The summed E-state index contributed by atoms with van der Waals surface area (Å²) in [5.74, 6) is 0. The number of aryl methyl sites for hydroxylation is 2. The molecule has 3 rings (SSSR count). The van der Waals surface area contributed by atoms with Crippen LogP contribution in [0.5, 0.6) is 0 Å². The van der Waals surface area contributed by atoms with Crippen LogP contribution in [0.3, 0.4) is 0 Å². The molecule has 2 aromatic carbocycles. The van der Waals surface area contributed by atoms with Crippen molar-refractivity contribution in [2.75, 3.05) is 14.1 Å². The van der Waals surface area contributed by atoms with Crippen molar-refractivity contribution in [1.82, 2.24) is 4.67 Å². The Morgan fingerprint density at radius 2 is 1.09 bits per heavy atom. The Morgan fingerprint density at radius 1 is 0.739 bits per heavy atom. The molecule has 0 bridgehead atoms. The molecule has 1 aliphatic rings. The normalized spacial score (nSPS) is 26.8. The Morgan fingerprint density at radius 3 is 1.39 bits per heavy atom. The Kier molecular flexibility index (Phi) is 4.31. The van der Waals surface area contributed by atoms with Crippen LogP contribution in [0.25, 0.3) is 0 Å². The molecular formula is C20H24NOP. The molecule has 120 valence electrons. The van der Waals surface area contributed by atoms with Gasteiger partial charge < -0.3 is 4.57 Å². The number of allylic oxidation sites excluding steroid dienone is 2. The van der Waals surface area contributed by atoms with E-state index in [1.165, 1.54) is 11.1 Å². The number of hydrogen-bond donors (Lipinski definition) is 0. The molecular weight excluding hydrogens is 301 g/mol. The number of rotatable bonds is 3. The highest BCUT2D eigenvalue weighted by Crippen LogP contribution is 2.74. The van der Waals surface area contributed by atoms with Gasteiger partial charge in [0.1, 0.15) is 0 Å². The summed E-state index contributed by atoms with van der Waals surface area (Å²) in [7, 11) is 1.27. The molecule has 0 spiro atoms. The van der Waals surface area contributed by atoms with Crippen LogP contribution in [0, 0.1) is 13.8 Å². The smallest absolute Gasteiger partial charge is 0.171 e. The first-order valence-electron chi connectivity index (χ1n) is 8.01. The fourth-order valence-electron chi connectivity index (χ4n) is 3.30. The molecule has 0 amide bonds. The summed E-state index contributed by atoms with van der Waals surface area (Å²) in [6.07, 6.45) is 4.27. The molecule has 0 fully saturated rings. The third kappa shape index (κ3) is 2.82. The lowest BCUT2D eigenvalue weighted by molar-refractivity contribution is 0.505. The van der Waals surface area contributed by atoms with Crippen LogP contribution in [0.15, 0.2) is 60.7 Å². The van der Waals surface area contributed by atoms with E-state index in [1.54, 1.807) is 0 Å². The maximum Gasteiger partial charge on any atom is 0.171 e. The van der Waals surface area contributed by atoms with Crippen LogP contribution >= 0.6 is 7.29 Å². The zero-order chi connectivity index (χ0) is 16.6. The van der Waals surface area contributed by atoms with E-state index in [-0.39, 0.29) is 11.3 Å². The van der Waals surface area contributed by atoms with Crippen molar-refractivity contribution in [2.24, 2.45) is 0 Å². The second-order valence-corrected chi connectivity index (χ2v) is 9.87. The van der Waals surface area contributed by atoms with E-state index in [0.717, 1.165) is 11.1 Å². The number of hydrogen-bond acceptors (Lipinski definition) is 1. The summed E-state index contributed by atoms with van der Waals surface area (Å²) in [5, 5.41) is 0. The van der Waals surface area contributed by atoms with Crippen LogP contribution < -0.4 is 0 Å². The zero-order valence-electron chi connectivity index (χ0n) is 14.2. The topological polar surface area (TPSA) is 20.3 Å². The minimum Gasteiger partial charge on any atom is -0.305 e. The molecule has 1 aliphatic heterocycles. The Bertz CT molecular complexity index is 700. The lowest BCUT2D eigenvalue weighted by Crippen LogP contribution is -2.15. The highest BCUT2D eigenvalue weighted by Gasteiger charge is 2.45. The van der Waals surface area contributed by atoms with E-state index in [9.17, 15) is 4.57 Å². The van der Waals surface area contributed by atoms with Gasteiger partial charge in [0.25, 0.3) is 0 Å². The molecule has 3 heteroatoms. The van der Waals surface area contributed by atoms with Gasteiger partial charge in [0.2, 0.25) is 0 Å². The fourth-order valence-corrected chi connectivity index (χ4v) is 6.54. The van der Waals surface area contributed by atoms with Gasteiger partial charge >= 0.3 is 0 Å². The minimum absolute atomic E-state index is 0.0376. The maximum absolute atomic E-state index is 14.0. The van der Waals surface area contributed by atoms with Crippen molar-refractivity contribution < 1.29 is 4.57 Å². The molecule has 2 aromatic rings. The van der Waals surface area contributed by atoms with E-state index < -0.39 is 7.29 Å². The number of nitrogens with zero attached hydrogens (tertiary/aromatic N) is 1. The minimum atomic E-state index is -2.61. The third-order valence-corrected chi connectivity index (χ3v) is 8.52. The lowest BCUT2D eigenvalue weighted by Gasteiger charge is -2.32. The van der Waals surface area contributed by atoms with Gasteiger partial charge in [-0.3, -0.25) is 4.67 Å². The predicted octanol–water partition coefficient (Wildman–Crippen LogP) is 5.50. The number of benzene rings is 2. The average molecular weight is 325 g/mol. The van der Waals surface area contributed by atoms with Gasteiger partial charge in [-0.2, -0.15) is 0 Å². The first-order valence-corrected chi connectivity index (χ1v) is 9.81. The summed E-state index contributed by atoms with van der Waals surface area (Å²) in [6, 6.07) is 16.8. The van der Waals surface area contributed by atoms with E-state index in [2.05, 4.69) is 74.5 Å². The van der Waals surface area contributed by atoms with Gasteiger partial charge in [-0.15, -0.1) is 0 Å². The van der Waals surface area contributed by atoms with Crippen LogP contribution in [-0.4, -0.2) is 18.8 Å². The summed E-state index contributed by atoms with van der Waals surface area (Å²) < 4.78 is 16.0. The van der Waals surface area contributed by atoms with Crippen molar-refractivity contribution in [3.05, 3.63) is 82.9 Å².